The lowest BCUT2D eigenvalue weighted by molar-refractivity contribution is -0.140. The molecule has 0 radical (unpaired) electrons. The van der Waals surface area contributed by atoms with E-state index in [1.807, 2.05) is 32.0 Å². The Kier molecular flexibility index (Phi) is 11.3. The van der Waals surface area contributed by atoms with Gasteiger partial charge in [-0.2, -0.15) is 0 Å². The van der Waals surface area contributed by atoms with E-state index in [0.717, 1.165) is 44.9 Å². The van der Waals surface area contributed by atoms with Crippen molar-refractivity contribution in [2.75, 3.05) is 7.11 Å². The van der Waals surface area contributed by atoms with Crippen molar-refractivity contribution >= 4 is 17.8 Å². The second-order valence-electron chi connectivity index (χ2n) is 6.57. The van der Waals surface area contributed by atoms with Gasteiger partial charge in [0.25, 0.3) is 0 Å². The van der Waals surface area contributed by atoms with Crippen molar-refractivity contribution in [1.82, 2.24) is 0 Å². The van der Waals surface area contributed by atoms with Crippen LogP contribution in [0.5, 0.6) is 0 Å². The molecule has 1 aliphatic carbocycles. The second kappa shape index (κ2) is 13.3. The highest BCUT2D eigenvalue weighted by molar-refractivity contribution is 5.83. The summed E-state index contributed by atoms with van der Waals surface area (Å²) in [5.41, 5.74) is 1.19. The fourth-order valence-corrected chi connectivity index (χ4v) is 3.43. The highest BCUT2D eigenvalue weighted by Crippen LogP contribution is 2.34. The van der Waals surface area contributed by atoms with E-state index in [0.29, 0.717) is 18.1 Å². The Morgan fingerprint density at radius 2 is 1.81 bits per heavy atom. The number of methoxy groups -OCH3 is 1. The third-order valence-electron chi connectivity index (χ3n) is 4.86. The molecule has 1 aliphatic rings. The normalized spacial score (nSPS) is 19.3. The van der Waals surface area contributed by atoms with E-state index in [-0.39, 0.29) is 11.9 Å². The van der Waals surface area contributed by atoms with Crippen LogP contribution in [0.25, 0.3) is 6.08 Å². The van der Waals surface area contributed by atoms with Gasteiger partial charge in [0.2, 0.25) is 0 Å². The monoisotopic (exact) mass is 358 g/mol. The summed E-state index contributed by atoms with van der Waals surface area (Å²) in [5, 5.41) is 0. The van der Waals surface area contributed by atoms with Gasteiger partial charge in [-0.1, -0.05) is 75.6 Å². The number of hydrogen-bond acceptors (Lipinski definition) is 3. The lowest BCUT2D eigenvalue weighted by atomic mass is 9.89. The fourth-order valence-electron chi connectivity index (χ4n) is 3.43. The molecule has 1 aromatic carbocycles. The first-order chi connectivity index (χ1) is 12.7. The van der Waals surface area contributed by atoms with E-state index in [1.165, 1.54) is 12.7 Å². The van der Waals surface area contributed by atoms with E-state index in [4.69, 9.17) is 0 Å². The molecule has 1 aromatic rings. The molecule has 144 valence electrons. The number of Topliss-reactive ketones (excluding diaryl/α,β-unsaturated/α-hetero) is 1. The molecule has 0 unspecified atom stereocenters. The van der Waals surface area contributed by atoms with E-state index in [9.17, 15) is 9.59 Å². The van der Waals surface area contributed by atoms with Crippen LogP contribution in [0.2, 0.25) is 0 Å². The Balaban J connectivity index is 0.00000163. The number of ketones is 1. The molecule has 2 atom stereocenters. The summed E-state index contributed by atoms with van der Waals surface area (Å²) in [6.45, 7) is 4.00. The maximum absolute atomic E-state index is 12.1. The first kappa shape index (κ1) is 22.1. The molecule has 2 rings (SSSR count). The average molecular weight is 359 g/mol. The molecular weight excluding hydrogens is 324 g/mol. The van der Waals surface area contributed by atoms with Gasteiger partial charge in [-0.05, 0) is 30.7 Å². The van der Waals surface area contributed by atoms with E-state index in [2.05, 4.69) is 29.0 Å². The largest absolute Gasteiger partial charge is 0.469 e. The summed E-state index contributed by atoms with van der Waals surface area (Å²) in [4.78, 5) is 23.2. The highest BCUT2D eigenvalue weighted by Gasteiger charge is 2.32. The van der Waals surface area contributed by atoms with Gasteiger partial charge in [0.05, 0.1) is 7.11 Å². The maximum atomic E-state index is 12.1. The number of carbonyl (C=O) groups is 2. The SMILES string of the molecule is CC.COC(=O)CCCCCC[C@H]1C(=O)CC[C@@H]1/C=C/c1ccccc1. The minimum atomic E-state index is -0.132. The molecule has 0 amide bonds. The molecule has 0 spiro atoms. The summed E-state index contributed by atoms with van der Waals surface area (Å²) in [7, 11) is 1.43. The van der Waals surface area contributed by atoms with E-state index < -0.39 is 0 Å². The molecule has 0 aliphatic heterocycles. The Morgan fingerprint density at radius 1 is 1.12 bits per heavy atom. The van der Waals surface area contributed by atoms with Crippen LogP contribution in [-0.2, 0) is 14.3 Å². The predicted molar refractivity (Wildman–Crippen MR) is 108 cm³/mol. The van der Waals surface area contributed by atoms with E-state index >= 15 is 0 Å². The molecule has 1 fully saturated rings. The van der Waals surface area contributed by atoms with Gasteiger partial charge in [-0.15, -0.1) is 0 Å². The van der Waals surface area contributed by atoms with Crippen molar-refractivity contribution in [3.05, 3.63) is 42.0 Å². The van der Waals surface area contributed by atoms with Crippen LogP contribution in [-0.4, -0.2) is 18.9 Å². The van der Waals surface area contributed by atoms with Gasteiger partial charge in [0, 0.05) is 18.8 Å². The van der Waals surface area contributed by atoms with Crippen LogP contribution in [0.1, 0.15) is 70.8 Å². The second-order valence-corrected chi connectivity index (χ2v) is 6.57. The number of allylic oxidation sites excluding steroid dienone is 1. The van der Waals surface area contributed by atoms with Crippen molar-refractivity contribution in [2.45, 2.75) is 65.2 Å². The third kappa shape index (κ3) is 7.99. The van der Waals surface area contributed by atoms with Crippen molar-refractivity contribution in [3.63, 3.8) is 0 Å². The molecule has 0 bridgehead atoms. The highest BCUT2D eigenvalue weighted by atomic mass is 16.5. The van der Waals surface area contributed by atoms with Crippen LogP contribution < -0.4 is 0 Å². The molecule has 0 aromatic heterocycles. The van der Waals surface area contributed by atoms with Crippen molar-refractivity contribution in [3.8, 4) is 0 Å². The van der Waals surface area contributed by atoms with Crippen LogP contribution >= 0.6 is 0 Å². The summed E-state index contributed by atoms with van der Waals surface area (Å²) < 4.78 is 4.64. The number of esters is 1. The smallest absolute Gasteiger partial charge is 0.305 e. The zero-order valence-electron chi connectivity index (χ0n) is 16.6. The van der Waals surface area contributed by atoms with Gasteiger partial charge in [-0.25, -0.2) is 0 Å². The summed E-state index contributed by atoms with van der Waals surface area (Å²) >= 11 is 0. The first-order valence-corrected chi connectivity index (χ1v) is 10.0. The van der Waals surface area contributed by atoms with Crippen LogP contribution in [0.4, 0.5) is 0 Å². The standard InChI is InChI=1S/C21H28O3.C2H6/c1-24-21(23)12-8-3-2-7-11-19-18(15-16-20(19)22)14-13-17-9-5-4-6-10-17;1-2/h4-6,9-10,13-14,18-19H,2-3,7-8,11-12,15-16H2,1H3;1-2H3/b14-13+;/t18-,19+;/m0./s1. The third-order valence-corrected chi connectivity index (χ3v) is 4.86. The molecule has 0 N–H and O–H groups in total. The average Bonchev–Trinajstić information content (AvgIpc) is 3.04. The summed E-state index contributed by atoms with van der Waals surface area (Å²) in [5.74, 6) is 0.859. The van der Waals surface area contributed by atoms with Crippen molar-refractivity contribution < 1.29 is 14.3 Å². The molecular formula is C23H34O3. The van der Waals surface area contributed by atoms with Crippen LogP contribution in [0.3, 0.4) is 0 Å². The number of carbonyl (C=O) groups excluding carboxylic acids is 2. The van der Waals surface area contributed by atoms with Crippen molar-refractivity contribution in [2.24, 2.45) is 11.8 Å². The van der Waals surface area contributed by atoms with Crippen molar-refractivity contribution in [1.29, 1.82) is 0 Å². The molecule has 3 nitrogen and oxygen atoms in total. The Hall–Kier alpha value is -1.90. The minimum Gasteiger partial charge on any atom is -0.469 e. The zero-order chi connectivity index (χ0) is 19.2. The van der Waals surface area contributed by atoms with Crippen LogP contribution in [0, 0.1) is 11.8 Å². The number of hydrogen-bond donors (Lipinski definition) is 0. The summed E-state index contributed by atoms with van der Waals surface area (Å²) in [6.07, 6.45) is 11.6. The van der Waals surface area contributed by atoms with Crippen LogP contribution in [0.15, 0.2) is 36.4 Å². The van der Waals surface area contributed by atoms with Gasteiger partial charge in [-0.3, -0.25) is 9.59 Å². The predicted octanol–water partition coefficient (Wildman–Crippen LogP) is 5.83. The first-order valence-electron chi connectivity index (χ1n) is 10.0. The molecule has 0 heterocycles. The Labute approximate surface area is 158 Å². The number of ether oxygens (including phenoxy) is 1. The lowest BCUT2D eigenvalue weighted by Gasteiger charge is -2.14. The Morgan fingerprint density at radius 3 is 2.50 bits per heavy atom. The summed E-state index contributed by atoms with van der Waals surface area (Å²) in [6, 6.07) is 10.3. The van der Waals surface area contributed by atoms with Gasteiger partial charge in [0.15, 0.2) is 0 Å². The molecule has 26 heavy (non-hydrogen) atoms. The molecule has 0 saturated heterocycles. The van der Waals surface area contributed by atoms with Gasteiger partial charge >= 0.3 is 5.97 Å². The maximum Gasteiger partial charge on any atom is 0.305 e. The van der Waals surface area contributed by atoms with E-state index in [1.54, 1.807) is 0 Å². The lowest BCUT2D eigenvalue weighted by Crippen LogP contribution is -2.13. The molecule has 1 saturated carbocycles. The zero-order valence-corrected chi connectivity index (χ0v) is 16.6. The number of unbranched alkanes of at least 4 members (excludes halogenated alkanes) is 3. The quantitative estimate of drug-likeness (QED) is 0.412. The van der Waals surface area contributed by atoms with Gasteiger partial charge in [0.1, 0.15) is 5.78 Å². The topological polar surface area (TPSA) is 43.4 Å². The fraction of sp³-hybridized carbons (Fsp3) is 0.565. The number of benzene rings is 1. The molecule has 3 heteroatoms. The minimum absolute atomic E-state index is 0.132. The Bertz CT molecular complexity index is 548. The number of rotatable bonds is 9. The van der Waals surface area contributed by atoms with Gasteiger partial charge < -0.3 is 4.74 Å².